The first-order valence-electron chi connectivity index (χ1n) is 6.15. The van der Waals surface area contributed by atoms with Gasteiger partial charge in [0, 0.05) is 5.75 Å². The van der Waals surface area contributed by atoms with Crippen molar-refractivity contribution >= 4 is 27.6 Å². The molecule has 21 heavy (non-hydrogen) atoms. The number of rotatable bonds is 7. The van der Waals surface area contributed by atoms with Crippen LogP contribution in [0.25, 0.3) is 0 Å². The van der Waals surface area contributed by atoms with Crippen molar-refractivity contribution in [2.24, 2.45) is 0 Å². The van der Waals surface area contributed by atoms with E-state index >= 15 is 0 Å². The van der Waals surface area contributed by atoms with Crippen LogP contribution in [0, 0.1) is 0 Å². The van der Waals surface area contributed by atoms with Crippen LogP contribution in [-0.2, 0) is 15.6 Å². The smallest absolute Gasteiger partial charge is 0.335 e. The van der Waals surface area contributed by atoms with Crippen molar-refractivity contribution in [1.82, 2.24) is 0 Å². The minimum Gasteiger partial charge on any atom is -0.478 e. The van der Waals surface area contributed by atoms with Crippen molar-refractivity contribution in [3.63, 3.8) is 0 Å². The third-order valence-corrected chi connectivity index (χ3v) is 5.75. The van der Waals surface area contributed by atoms with E-state index in [4.69, 9.17) is 9.52 Å². The number of carboxylic acids is 1. The van der Waals surface area contributed by atoms with Gasteiger partial charge in [0.1, 0.15) is 5.76 Å². The van der Waals surface area contributed by atoms with Crippen LogP contribution in [0.4, 0.5) is 0 Å². The Bertz CT molecular complexity index is 687. The van der Waals surface area contributed by atoms with Crippen molar-refractivity contribution in [2.75, 3.05) is 11.5 Å². The van der Waals surface area contributed by atoms with Gasteiger partial charge in [0.05, 0.1) is 28.2 Å². The zero-order valence-corrected chi connectivity index (χ0v) is 12.7. The fourth-order valence-electron chi connectivity index (χ4n) is 1.66. The molecule has 1 N–H and O–H groups in total. The van der Waals surface area contributed by atoms with E-state index in [0.717, 1.165) is 5.76 Å². The maximum atomic E-state index is 12.1. The molecule has 0 saturated carbocycles. The Morgan fingerprint density at radius 1 is 1.19 bits per heavy atom. The molecule has 0 atom stereocenters. The quantitative estimate of drug-likeness (QED) is 0.788. The molecule has 1 heterocycles. The van der Waals surface area contributed by atoms with E-state index in [9.17, 15) is 13.2 Å². The van der Waals surface area contributed by atoms with Crippen molar-refractivity contribution in [3.8, 4) is 0 Å². The maximum absolute atomic E-state index is 12.1. The van der Waals surface area contributed by atoms with Crippen LogP contribution in [0.1, 0.15) is 16.1 Å². The van der Waals surface area contributed by atoms with Gasteiger partial charge in [-0.1, -0.05) is 0 Å². The van der Waals surface area contributed by atoms with E-state index in [1.165, 1.54) is 36.0 Å². The predicted molar refractivity (Wildman–Crippen MR) is 80.3 cm³/mol. The highest BCUT2D eigenvalue weighted by atomic mass is 32.2. The molecule has 7 heteroatoms. The van der Waals surface area contributed by atoms with E-state index in [2.05, 4.69) is 0 Å². The summed E-state index contributed by atoms with van der Waals surface area (Å²) < 4.78 is 29.3. The largest absolute Gasteiger partial charge is 0.478 e. The number of hydrogen-bond acceptors (Lipinski definition) is 5. The standard InChI is InChI=1S/C14H14O5S2/c15-14(16)11-3-5-13(6-4-11)21(17,18)9-8-20-10-12-2-1-7-19-12/h1-7H,8-10H2,(H,15,16). The van der Waals surface area contributed by atoms with E-state index in [-0.39, 0.29) is 16.2 Å². The van der Waals surface area contributed by atoms with Crippen LogP contribution >= 0.6 is 11.8 Å². The third-order valence-electron chi connectivity index (χ3n) is 2.78. The van der Waals surface area contributed by atoms with Crippen molar-refractivity contribution in [1.29, 1.82) is 0 Å². The van der Waals surface area contributed by atoms with E-state index in [0.29, 0.717) is 11.5 Å². The summed E-state index contributed by atoms with van der Waals surface area (Å²) in [6.45, 7) is 0. The second-order valence-electron chi connectivity index (χ2n) is 4.28. The molecule has 112 valence electrons. The van der Waals surface area contributed by atoms with Gasteiger partial charge in [-0.05, 0) is 36.4 Å². The number of hydrogen-bond donors (Lipinski definition) is 1. The highest BCUT2D eigenvalue weighted by molar-refractivity contribution is 8.00. The predicted octanol–water partition coefficient (Wildman–Crippen LogP) is 2.68. The summed E-state index contributed by atoms with van der Waals surface area (Å²) in [5.41, 5.74) is 0.0705. The average Bonchev–Trinajstić information content (AvgIpc) is 2.97. The molecule has 2 aromatic rings. The molecule has 0 fully saturated rings. The fourth-order valence-corrected chi connectivity index (χ4v) is 4.30. The zero-order chi connectivity index (χ0) is 15.3. The average molecular weight is 326 g/mol. The van der Waals surface area contributed by atoms with Crippen molar-refractivity contribution in [2.45, 2.75) is 10.6 Å². The summed E-state index contributed by atoms with van der Waals surface area (Å²) in [7, 11) is -3.39. The topological polar surface area (TPSA) is 84.6 Å². The first kappa shape index (κ1) is 15.7. The van der Waals surface area contributed by atoms with Gasteiger partial charge in [0.25, 0.3) is 0 Å². The third kappa shape index (κ3) is 4.37. The van der Waals surface area contributed by atoms with Gasteiger partial charge in [-0.2, -0.15) is 11.8 Å². The van der Waals surface area contributed by atoms with Gasteiger partial charge in [-0.15, -0.1) is 0 Å². The van der Waals surface area contributed by atoms with Gasteiger partial charge >= 0.3 is 5.97 Å². The SMILES string of the molecule is O=C(O)c1ccc(S(=O)(=O)CCSCc2ccco2)cc1. The molecule has 2 rings (SSSR count). The molecule has 0 spiro atoms. The Hall–Kier alpha value is -1.73. The number of carboxylic acid groups (broad SMARTS) is 1. The molecular weight excluding hydrogens is 312 g/mol. The number of furan rings is 1. The Labute approximate surface area is 126 Å². The Morgan fingerprint density at radius 3 is 2.48 bits per heavy atom. The monoisotopic (exact) mass is 326 g/mol. The summed E-state index contributed by atoms with van der Waals surface area (Å²) in [5.74, 6) is 0.811. The summed E-state index contributed by atoms with van der Waals surface area (Å²) in [5, 5.41) is 8.78. The highest BCUT2D eigenvalue weighted by Crippen LogP contribution is 2.17. The normalized spacial score (nSPS) is 11.4. The second-order valence-corrected chi connectivity index (χ2v) is 7.49. The molecule has 1 aromatic carbocycles. The Balaban J connectivity index is 1.90. The van der Waals surface area contributed by atoms with Gasteiger partial charge in [-0.25, -0.2) is 13.2 Å². The first-order chi connectivity index (χ1) is 9.99. The molecule has 0 saturated heterocycles. The molecule has 5 nitrogen and oxygen atoms in total. The molecule has 0 aliphatic rings. The molecule has 0 radical (unpaired) electrons. The number of sulfone groups is 1. The lowest BCUT2D eigenvalue weighted by Gasteiger charge is -2.04. The number of benzene rings is 1. The highest BCUT2D eigenvalue weighted by Gasteiger charge is 2.15. The number of carbonyl (C=O) groups is 1. The first-order valence-corrected chi connectivity index (χ1v) is 8.96. The molecule has 1 aromatic heterocycles. The lowest BCUT2D eigenvalue weighted by Crippen LogP contribution is -2.09. The fraction of sp³-hybridized carbons (Fsp3) is 0.214. The summed E-state index contributed by atoms with van der Waals surface area (Å²) in [6.07, 6.45) is 1.58. The Kier molecular flexibility index (Phi) is 5.08. The van der Waals surface area contributed by atoms with Crippen molar-refractivity contribution < 1.29 is 22.7 Å². The summed E-state index contributed by atoms with van der Waals surface area (Å²) in [4.78, 5) is 10.9. The van der Waals surface area contributed by atoms with Crippen LogP contribution in [-0.4, -0.2) is 31.0 Å². The van der Waals surface area contributed by atoms with E-state index < -0.39 is 15.8 Å². The van der Waals surface area contributed by atoms with Crippen LogP contribution in [0.2, 0.25) is 0 Å². The molecular formula is C14H14O5S2. The minimum atomic E-state index is -3.39. The molecule has 0 aliphatic carbocycles. The second kappa shape index (κ2) is 6.82. The molecule has 0 aliphatic heterocycles. The Morgan fingerprint density at radius 2 is 1.90 bits per heavy atom. The molecule has 0 unspecified atom stereocenters. The van der Waals surface area contributed by atoms with Crippen LogP contribution < -0.4 is 0 Å². The van der Waals surface area contributed by atoms with Crippen LogP contribution in [0.5, 0.6) is 0 Å². The van der Waals surface area contributed by atoms with Crippen molar-refractivity contribution in [3.05, 3.63) is 54.0 Å². The molecule has 0 amide bonds. The molecule has 0 bridgehead atoms. The van der Waals surface area contributed by atoms with Gasteiger partial charge in [0.15, 0.2) is 9.84 Å². The zero-order valence-electron chi connectivity index (χ0n) is 11.1. The number of aromatic carboxylic acids is 1. The van der Waals surface area contributed by atoms with Gasteiger partial charge in [0.2, 0.25) is 0 Å². The lowest BCUT2D eigenvalue weighted by atomic mass is 10.2. The number of thioether (sulfide) groups is 1. The summed E-state index contributed by atoms with van der Waals surface area (Å²) in [6, 6.07) is 8.88. The van der Waals surface area contributed by atoms with Crippen LogP contribution in [0.15, 0.2) is 52.0 Å². The van der Waals surface area contributed by atoms with Crippen LogP contribution in [0.3, 0.4) is 0 Å². The maximum Gasteiger partial charge on any atom is 0.335 e. The summed E-state index contributed by atoms with van der Waals surface area (Å²) >= 11 is 1.47. The lowest BCUT2D eigenvalue weighted by molar-refractivity contribution is 0.0696. The van der Waals surface area contributed by atoms with E-state index in [1.54, 1.807) is 12.3 Å². The minimum absolute atomic E-state index is 0.00476. The van der Waals surface area contributed by atoms with Gasteiger partial charge < -0.3 is 9.52 Å². The van der Waals surface area contributed by atoms with Gasteiger partial charge in [-0.3, -0.25) is 0 Å². The van der Waals surface area contributed by atoms with E-state index in [1.807, 2.05) is 6.07 Å².